The third-order valence-corrected chi connectivity index (χ3v) is 4.07. The first-order valence-corrected chi connectivity index (χ1v) is 7.05. The third-order valence-electron chi connectivity index (χ3n) is 2.84. The second-order valence-corrected chi connectivity index (χ2v) is 5.50. The van der Waals surface area contributed by atoms with Crippen LogP contribution >= 0.6 is 27.5 Å². The number of hydrogen-bond acceptors (Lipinski definition) is 2. The van der Waals surface area contributed by atoms with Gasteiger partial charge >= 0.3 is 0 Å². The quantitative estimate of drug-likeness (QED) is 0.842. The Bertz CT molecular complexity index is 622. The van der Waals surface area contributed by atoms with Crippen molar-refractivity contribution >= 4 is 33.2 Å². The van der Waals surface area contributed by atoms with Gasteiger partial charge in [0.1, 0.15) is 0 Å². The predicted molar refractivity (Wildman–Crippen MR) is 80.9 cm³/mol. The maximum Gasteiger partial charge on any atom is 0.159 e. The molecule has 2 rings (SSSR count). The van der Waals surface area contributed by atoms with Gasteiger partial charge < -0.3 is 11.1 Å². The molecule has 1 atom stereocenters. The van der Waals surface area contributed by atoms with Gasteiger partial charge in [0, 0.05) is 16.7 Å². The van der Waals surface area contributed by atoms with Gasteiger partial charge in [-0.2, -0.15) is 0 Å². The van der Waals surface area contributed by atoms with E-state index in [0.29, 0.717) is 10.6 Å². The number of nitrogens with two attached hydrogens (primary N) is 1. The SMILES string of the molecule is NCC(Nc1ccc(Br)c(Cl)c1)c1ccc(F)c(F)c1. The van der Waals surface area contributed by atoms with Gasteiger partial charge in [0.2, 0.25) is 0 Å². The molecule has 1 unspecified atom stereocenters. The number of anilines is 1. The molecule has 2 aromatic rings. The number of hydrogen-bond donors (Lipinski definition) is 2. The highest BCUT2D eigenvalue weighted by Gasteiger charge is 2.13. The number of nitrogens with one attached hydrogen (secondary N) is 1. The summed E-state index contributed by atoms with van der Waals surface area (Å²) in [5.74, 6) is -1.77. The number of benzene rings is 2. The van der Waals surface area contributed by atoms with Crippen LogP contribution in [0, 0.1) is 11.6 Å². The fourth-order valence-corrected chi connectivity index (χ4v) is 2.22. The normalized spacial score (nSPS) is 12.2. The first-order chi connectivity index (χ1) is 9.51. The predicted octanol–water partition coefficient (Wildman–Crippen LogP) is 4.49. The lowest BCUT2D eigenvalue weighted by Crippen LogP contribution is -2.20. The molecule has 106 valence electrons. The highest BCUT2D eigenvalue weighted by atomic mass is 79.9. The Kier molecular flexibility index (Phi) is 4.96. The van der Waals surface area contributed by atoms with E-state index in [2.05, 4.69) is 21.2 Å². The number of halogens is 4. The largest absolute Gasteiger partial charge is 0.377 e. The average Bonchev–Trinajstić information content (AvgIpc) is 2.43. The molecule has 20 heavy (non-hydrogen) atoms. The zero-order valence-electron chi connectivity index (χ0n) is 10.3. The van der Waals surface area contributed by atoms with Gasteiger partial charge in [0.05, 0.1) is 11.1 Å². The zero-order chi connectivity index (χ0) is 14.7. The molecular formula is C14H12BrClF2N2. The van der Waals surface area contributed by atoms with Crippen molar-refractivity contribution in [1.29, 1.82) is 0 Å². The molecule has 0 bridgehead atoms. The van der Waals surface area contributed by atoms with E-state index in [-0.39, 0.29) is 12.6 Å². The molecule has 3 N–H and O–H groups in total. The molecule has 0 radical (unpaired) electrons. The molecule has 0 spiro atoms. The van der Waals surface area contributed by atoms with Gasteiger partial charge in [-0.3, -0.25) is 0 Å². The van der Waals surface area contributed by atoms with Gasteiger partial charge in [-0.05, 0) is 51.8 Å². The standard InChI is InChI=1S/C14H12BrClF2N2/c15-10-3-2-9(6-11(10)16)20-14(7-19)8-1-4-12(17)13(18)5-8/h1-6,14,20H,7,19H2. The van der Waals surface area contributed by atoms with Gasteiger partial charge in [-0.15, -0.1) is 0 Å². The van der Waals surface area contributed by atoms with Gasteiger partial charge in [-0.1, -0.05) is 17.7 Å². The molecule has 0 saturated heterocycles. The van der Waals surface area contributed by atoms with Crippen molar-refractivity contribution in [3.63, 3.8) is 0 Å². The Morgan fingerprint density at radius 1 is 1.15 bits per heavy atom. The highest BCUT2D eigenvalue weighted by Crippen LogP contribution is 2.28. The molecule has 0 aliphatic carbocycles. The Morgan fingerprint density at radius 3 is 2.50 bits per heavy atom. The van der Waals surface area contributed by atoms with E-state index in [9.17, 15) is 8.78 Å². The van der Waals surface area contributed by atoms with Gasteiger partial charge in [0.25, 0.3) is 0 Å². The minimum atomic E-state index is -0.892. The van der Waals surface area contributed by atoms with Crippen LogP contribution in [0.2, 0.25) is 5.02 Å². The van der Waals surface area contributed by atoms with E-state index in [0.717, 1.165) is 22.3 Å². The highest BCUT2D eigenvalue weighted by molar-refractivity contribution is 9.10. The van der Waals surface area contributed by atoms with Crippen molar-refractivity contribution in [2.45, 2.75) is 6.04 Å². The van der Waals surface area contributed by atoms with Crippen LogP contribution < -0.4 is 11.1 Å². The van der Waals surface area contributed by atoms with Crippen molar-refractivity contribution in [1.82, 2.24) is 0 Å². The summed E-state index contributed by atoms with van der Waals surface area (Å²) in [7, 11) is 0. The fraction of sp³-hybridized carbons (Fsp3) is 0.143. The lowest BCUT2D eigenvalue weighted by atomic mass is 10.1. The number of rotatable bonds is 4. The topological polar surface area (TPSA) is 38.0 Å². The van der Waals surface area contributed by atoms with E-state index < -0.39 is 11.6 Å². The van der Waals surface area contributed by atoms with E-state index >= 15 is 0 Å². The molecular weight excluding hydrogens is 350 g/mol. The molecule has 0 aliphatic rings. The summed E-state index contributed by atoms with van der Waals surface area (Å²) in [5, 5.41) is 3.69. The molecule has 2 aromatic carbocycles. The summed E-state index contributed by atoms with van der Waals surface area (Å²) in [4.78, 5) is 0. The minimum Gasteiger partial charge on any atom is -0.377 e. The maximum absolute atomic E-state index is 13.3. The molecule has 0 fully saturated rings. The van der Waals surface area contributed by atoms with Crippen molar-refractivity contribution in [2.75, 3.05) is 11.9 Å². The second kappa shape index (κ2) is 6.52. The van der Waals surface area contributed by atoms with E-state index in [1.165, 1.54) is 6.07 Å². The van der Waals surface area contributed by atoms with Crippen LogP contribution in [0.3, 0.4) is 0 Å². The monoisotopic (exact) mass is 360 g/mol. The first kappa shape index (κ1) is 15.2. The second-order valence-electron chi connectivity index (χ2n) is 4.24. The third kappa shape index (κ3) is 3.48. The minimum absolute atomic E-state index is 0.235. The van der Waals surface area contributed by atoms with Crippen LogP contribution in [0.1, 0.15) is 11.6 Å². The molecule has 0 amide bonds. The smallest absolute Gasteiger partial charge is 0.159 e. The lowest BCUT2D eigenvalue weighted by molar-refractivity contribution is 0.506. The van der Waals surface area contributed by atoms with Crippen LogP contribution in [0.25, 0.3) is 0 Å². The average molecular weight is 362 g/mol. The first-order valence-electron chi connectivity index (χ1n) is 5.88. The van der Waals surface area contributed by atoms with E-state index in [1.807, 2.05) is 6.07 Å². The lowest BCUT2D eigenvalue weighted by Gasteiger charge is -2.19. The zero-order valence-corrected chi connectivity index (χ0v) is 12.7. The van der Waals surface area contributed by atoms with E-state index in [4.69, 9.17) is 17.3 Å². The molecule has 6 heteroatoms. The molecule has 0 saturated carbocycles. The summed E-state index contributed by atoms with van der Waals surface area (Å²) in [5.41, 5.74) is 7.01. The Labute approximate surface area is 129 Å². The van der Waals surface area contributed by atoms with Crippen LogP contribution in [0.4, 0.5) is 14.5 Å². The van der Waals surface area contributed by atoms with Crippen LogP contribution in [-0.2, 0) is 0 Å². The Balaban J connectivity index is 2.23. The summed E-state index contributed by atoms with van der Waals surface area (Å²) < 4.78 is 27.0. The molecule has 0 aromatic heterocycles. The fourth-order valence-electron chi connectivity index (χ4n) is 1.79. The van der Waals surface area contributed by atoms with Crippen LogP contribution in [0.15, 0.2) is 40.9 Å². The van der Waals surface area contributed by atoms with Gasteiger partial charge in [-0.25, -0.2) is 8.78 Å². The summed E-state index contributed by atoms with van der Waals surface area (Å²) in [6.07, 6.45) is 0. The summed E-state index contributed by atoms with van der Waals surface area (Å²) in [6, 6.07) is 8.74. The summed E-state index contributed by atoms with van der Waals surface area (Å²) in [6.45, 7) is 0.235. The van der Waals surface area contributed by atoms with Crippen molar-refractivity contribution < 1.29 is 8.78 Å². The molecule has 0 heterocycles. The van der Waals surface area contributed by atoms with Crippen LogP contribution in [0.5, 0.6) is 0 Å². The Hall–Kier alpha value is -1.17. The Morgan fingerprint density at radius 2 is 1.90 bits per heavy atom. The summed E-state index contributed by atoms with van der Waals surface area (Å²) >= 11 is 9.30. The van der Waals surface area contributed by atoms with Crippen LogP contribution in [-0.4, -0.2) is 6.54 Å². The molecule has 0 aliphatic heterocycles. The van der Waals surface area contributed by atoms with Crippen molar-refractivity contribution in [3.8, 4) is 0 Å². The van der Waals surface area contributed by atoms with Gasteiger partial charge in [0.15, 0.2) is 11.6 Å². The van der Waals surface area contributed by atoms with Crippen molar-refractivity contribution in [3.05, 3.63) is 63.1 Å². The van der Waals surface area contributed by atoms with E-state index in [1.54, 1.807) is 12.1 Å². The molecule has 2 nitrogen and oxygen atoms in total. The maximum atomic E-state index is 13.3. The van der Waals surface area contributed by atoms with Crippen molar-refractivity contribution in [2.24, 2.45) is 5.73 Å².